The Balaban J connectivity index is 0.000000223. The van der Waals surface area contributed by atoms with E-state index in [1.165, 1.54) is 0 Å². The minimum Gasteiger partial charge on any atom is -0.384 e. The maximum atomic E-state index is 5.01. The molecule has 1 N–H and O–H groups in total. The zero-order chi connectivity index (χ0) is 10.2. The van der Waals surface area contributed by atoms with Crippen LogP contribution in [-0.2, 0) is 9.47 Å². The van der Waals surface area contributed by atoms with Crippen LogP contribution in [0.1, 0.15) is 20.8 Å². The Labute approximate surface area is 81.8 Å². The standard InChI is InChI=1S/C6H14O.C4H9NO/c1-6(2,3)5-7-4;1-3-6-4-2-5-1/h5H2,1-4H3;5H,1-4H2. The van der Waals surface area contributed by atoms with Crippen LogP contribution in [0, 0.1) is 5.41 Å². The molecule has 13 heavy (non-hydrogen) atoms. The van der Waals surface area contributed by atoms with Crippen LogP contribution in [0.15, 0.2) is 0 Å². The highest BCUT2D eigenvalue weighted by atomic mass is 16.5. The summed E-state index contributed by atoms with van der Waals surface area (Å²) in [5.74, 6) is 0. The Morgan fingerprint density at radius 3 is 1.85 bits per heavy atom. The zero-order valence-electron chi connectivity index (χ0n) is 9.35. The SMILES string of the molecule is C1COCCN1.COCC(C)(C)C. The number of ether oxygens (including phenoxy) is 2. The van der Waals surface area contributed by atoms with E-state index in [4.69, 9.17) is 9.47 Å². The van der Waals surface area contributed by atoms with Crippen molar-refractivity contribution in [2.75, 3.05) is 40.0 Å². The van der Waals surface area contributed by atoms with Crippen LogP contribution < -0.4 is 5.32 Å². The van der Waals surface area contributed by atoms with Gasteiger partial charge in [-0.2, -0.15) is 0 Å². The van der Waals surface area contributed by atoms with Crippen molar-refractivity contribution in [3.05, 3.63) is 0 Å². The molecule has 0 spiro atoms. The number of rotatable bonds is 1. The first-order valence-corrected chi connectivity index (χ1v) is 4.83. The molecule has 1 heterocycles. The second-order valence-electron chi connectivity index (χ2n) is 4.36. The quantitative estimate of drug-likeness (QED) is 0.674. The summed E-state index contributed by atoms with van der Waals surface area (Å²) in [6, 6.07) is 0. The molecule has 0 unspecified atom stereocenters. The van der Waals surface area contributed by atoms with Gasteiger partial charge in [-0.25, -0.2) is 0 Å². The lowest BCUT2D eigenvalue weighted by Gasteiger charge is -2.15. The monoisotopic (exact) mass is 189 g/mol. The van der Waals surface area contributed by atoms with Gasteiger partial charge in [-0.15, -0.1) is 0 Å². The first-order chi connectivity index (χ1) is 6.06. The van der Waals surface area contributed by atoms with Gasteiger partial charge in [0.05, 0.1) is 19.8 Å². The van der Waals surface area contributed by atoms with E-state index in [1.807, 2.05) is 0 Å². The van der Waals surface area contributed by atoms with Crippen molar-refractivity contribution in [1.29, 1.82) is 0 Å². The third-order valence-electron chi connectivity index (χ3n) is 1.42. The predicted molar refractivity (Wildman–Crippen MR) is 55.0 cm³/mol. The number of morpholine rings is 1. The average Bonchev–Trinajstić information content (AvgIpc) is 2.06. The second-order valence-corrected chi connectivity index (χ2v) is 4.36. The molecule has 3 nitrogen and oxygen atoms in total. The Kier molecular flexibility index (Phi) is 7.23. The van der Waals surface area contributed by atoms with Crippen molar-refractivity contribution in [2.45, 2.75) is 20.8 Å². The lowest BCUT2D eigenvalue weighted by atomic mass is 9.99. The van der Waals surface area contributed by atoms with Crippen LogP contribution in [0.4, 0.5) is 0 Å². The molecule has 1 saturated heterocycles. The predicted octanol–water partition coefficient (Wildman–Crippen LogP) is 1.29. The molecule has 80 valence electrons. The van der Waals surface area contributed by atoms with Gasteiger partial charge in [-0.3, -0.25) is 0 Å². The minimum atomic E-state index is 0.328. The lowest BCUT2D eigenvalue weighted by Crippen LogP contribution is -2.30. The fraction of sp³-hybridized carbons (Fsp3) is 1.00. The molecule has 1 aliphatic heterocycles. The molecule has 0 atom stereocenters. The van der Waals surface area contributed by atoms with Crippen LogP contribution in [-0.4, -0.2) is 40.0 Å². The van der Waals surface area contributed by atoms with Crippen LogP contribution in [0.2, 0.25) is 0 Å². The van der Waals surface area contributed by atoms with Gasteiger partial charge in [0.2, 0.25) is 0 Å². The first-order valence-electron chi connectivity index (χ1n) is 4.83. The Hall–Kier alpha value is -0.120. The molecule has 0 aromatic rings. The molecule has 0 aromatic heterocycles. The van der Waals surface area contributed by atoms with Crippen LogP contribution in [0.3, 0.4) is 0 Å². The fourth-order valence-corrected chi connectivity index (χ4v) is 0.949. The minimum absolute atomic E-state index is 0.328. The Bertz CT molecular complexity index is 94.5. The zero-order valence-corrected chi connectivity index (χ0v) is 9.35. The van der Waals surface area contributed by atoms with E-state index in [9.17, 15) is 0 Å². The van der Waals surface area contributed by atoms with Crippen molar-refractivity contribution in [1.82, 2.24) is 5.32 Å². The summed E-state index contributed by atoms with van der Waals surface area (Å²) in [5, 5.41) is 3.16. The molecule has 1 fully saturated rings. The number of nitrogens with one attached hydrogen (secondary N) is 1. The third-order valence-corrected chi connectivity index (χ3v) is 1.42. The van der Waals surface area contributed by atoms with Gasteiger partial charge >= 0.3 is 0 Å². The fourth-order valence-electron chi connectivity index (χ4n) is 0.949. The van der Waals surface area contributed by atoms with Crippen LogP contribution in [0.5, 0.6) is 0 Å². The van der Waals surface area contributed by atoms with Crippen LogP contribution >= 0.6 is 0 Å². The van der Waals surface area contributed by atoms with Crippen molar-refractivity contribution >= 4 is 0 Å². The molecule has 0 amide bonds. The second kappa shape index (κ2) is 7.30. The summed E-state index contributed by atoms with van der Waals surface area (Å²) in [6.07, 6.45) is 0. The van der Waals surface area contributed by atoms with Gasteiger partial charge in [0, 0.05) is 20.2 Å². The van der Waals surface area contributed by atoms with Gasteiger partial charge < -0.3 is 14.8 Å². The molecule has 0 bridgehead atoms. The summed E-state index contributed by atoms with van der Waals surface area (Å²) in [7, 11) is 1.73. The first kappa shape index (κ1) is 12.9. The molecule has 3 heteroatoms. The van der Waals surface area contributed by atoms with E-state index in [0.717, 1.165) is 32.9 Å². The molecule has 0 saturated carbocycles. The van der Waals surface area contributed by atoms with Gasteiger partial charge in [0.15, 0.2) is 0 Å². The molecule has 0 aromatic carbocycles. The summed E-state index contributed by atoms with van der Waals surface area (Å²) >= 11 is 0. The molecular weight excluding hydrogens is 166 g/mol. The summed E-state index contributed by atoms with van der Waals surface area (Å²) in [6.45, 7) is 11.1. The highest BCUT2D eigenvalue weighted by molar-refractivity contribution is 4.57. The van der Waals surface area contributed by atoms with Gasteiger partial charge in [0.25, 0.3) is 0 Å². The smallest absolute Gasteiger partial charge is 0.0591 e. The van der Waals surface area contributed by atoms with E-state index in [2.05, 4.69) is 26.1 Å². The maximum Gasteiger partial charge on any atom is 0.0591 e. The normalized spacial score (nSPS) is 17.5. The highest BCUT2D eigenvalue weighted by Crippen LogP contribution is 2.11. The van der Waals surface area contributed by atoms with Crippen molar-refractivity contribution in [2.24, 2.45) is 5.41 Å². The van der Waals surface area contributed by atoms with Crippen molar-refractivity contribution in [3.63, 3.8) is 0 Å². The van der Waals surface area contributed by atoms with Gasteiger partial charge in [-0.05, 0) is 5.41 Å². The molecule has 1 aliphatic rings. The van der Waals surface area contributed by atoms with Crippen molar-refractivity contribution < 1.29 is 9.47 Å². The van der Waals surface area contributed by atoms with Crippen LogP contribution in [0.25, 0.3) is 0 Å². The molecule has 0 aliphatic carbocycles. The van der Waals surface area contributed by atoms with E-state index in [0.29, 0.717) is 5.41 Å². The summed E-state index contributed by atoms with van der Waals surface area (Å²) in [5.41, 5.74) is 0.328. The highest BCUT2D eigenvalue weighted by Gasteiger charge is 2.07. The molecular formula is C10H23NO2. The van der Waals surface area contributed by atoms with E-state index < -0.39 is 0 Å². The van der Waals surface area contributed by atoms with Crippen molar-refractivity contribution in [3.8, 4) is 0 Å². The summed E-state index contributed by atoms with van der Waals surface area (Å²) in [4.78, 5) is 0. The third kappa shape index (κ3) is 11.9. The van der Waals surface area contributed by atoms with E-state index >= 15 is 0 Å². The number of methoxy groups -OCH3 is 1. The number of hydrogen-bond donors (Lipinski definition) is 1. The molecule has 1 rings (SSSR count). The lowest BCUT2D eigenvalue weighted by molar-refractivity contribution is 0.109. The van der Waals surface area contributed by atoms with E-state index in [-0.39, 0.29) is 0 Å². The Morgan fingerprint density at radius 1 is 1.23 bits per heavy atom. The molecule has 0 radical (unpaired) electrons. The topological polar surface area (TPSA) is 30.5 Å². The Morgan fingerprint density at radius 2 is 1.77 bits per heavy atom. The van der Waals surface area contributed by atoms with E-state index in [1.54, 1.807) is 7.11 Å². The summed E-state index contributed by atoms with van der Waals surface area (Å²) < 4.78 is 9.91. The number of hydrogen-bond acceptors (Lipinski definition) is 3. The average molecular weight is 189 g/mol. The van der Waals surface area contributed by atoms with Gasteiger partial charge in [-0.1, -0.05) is 20.8 Å². The largest absolute Gasteiger partial charge is 0.384 e. The maximum absolute atomic E-state index is 5.01. The van der Waals surface area contributed by atoms with Gasteiger partial charge in [0.1, 0.15) is 0 Å².